The summed E-state index contributed by atoms with van der Waals surface area (Å²) in [6.45, 7) is 4.36. The molecule has 0 aliphatic heterocycles. The second-order valence-electron chi connectivity index (χ2n) is 4.55. The molecule has 2 rings (SSSR count). The Balaban J connectivity index is 2.05. The van der Waals surface area contributed by atoms with E-state index in [1.165, 1.54) is 0 Å². The van der Waals surface area contributed by atoms with Gasteiger partial charge in [0.1, 0.15) is 12.4 Å². The zero-order valence-corrected chi connectivity index (χ0v) is 12.4. The summed E-state index contributed by atoms with van der Waals surface area (Å²) in [5.74, 6) is 0.752. The Labute approximate surface area is 124 Å². The Hall–Kier alpha value is -1.58. The number of halogens is 1. The van der Waals surface area contributed by atoms with Gasteiger partial charge in [-0.2, -0.15) is 0 Å². The van der Waals surface area contributed by atoms with E-state index in [1.54, 1.807) is 12.4 Å². The maximum Gasteiger partial charge on any atom is 0.142 e. The van der Waals surface area contributed by atoms with Gasteiger partial charge in [-0.05, 0) is 25.1 Å². The Morgan fingerprint density at radius 3 is 2.90 bits per heavy atom. The van der Waals surface area contributed by atoms with Crippen LogP contribution in [-0.4, -0.2) is 11.5 Å². The fourth-order valence-corrected chi connectivity index (χ4v) is 2.14. The van der Waals surface area contributed by atoms with E-state index < -0.39 is 0 Å². The second kappa shape index (κ2) is 7.88. The van der Waals surface area contributed by atoms with Crippen molar-refractivity contribution in [2.24, 2.45) is 0 Å². The lowest BCUT2D eigenvalue weighted by molar-refractivity contribution is 0.302. The summed E-state index contributed by atoms with van der Waals surface area (Å²) >= 11 is 6.24. The maximum atomic E-state index is 6.24. The van der Waals surface area contributed by atoms with Gasteiger partial charge in [-0.15, -0.1) is 0 Å². The summed E-state index contributed by atoms with van der Waals surface area (Å²) in [6.07, 6.45) is 4.65. The first-order valence-corrected chi connectivity index (χ1v) is 7.19. The van der Waals surface area contributed by atoms with Crippen molar-refractivity contribution in [1.29, 1.82) is 0 Å². The van der Waals surface area contributed by atoms with Gasteiger partial charge in [-0.3, -0.25) is 4.98 Å². The van der Waals surface area contributed by atoms with Crippen LogP contribution in [0.3, 0.4) is 0 Å². The predicted molar refractivity (Wildman–Crippen MR) is 82.0 cm³/mol. The molecule has 0 spiro atoms. The molecule has 0 saturated heterocycles. The van der Waals surface area contributed by atoms with Crippen LogP contribution >= 0.6 is 11.6 Å². The van der Waals surface area contributed by atoms with E-state index in [0.717, 1.165) is 36.4 Å². The van der Waals surface area contributed by atoms with Crippen molar-refractivity contribution in [2.75, 3.05) is 6.54 Å². The molecule has 0 unspecified atom stereocenters. The van der Waals surface area contributed by atoms with Crippen LogP contribution in [0.4, 0.5) is 0 Å². The van der Waals surface area contributed by atoms with E-state index in [1.807, 2.05) is 30.3 Å². The van der Waals surface area contributed by atoms with E-state index in [0.29, 0.717) is 11.6 Å². The topological polar surface area (TPSA) is 34.1 Å². The maximum absolute atomic E-state index is 6.24. The minimum Gasteiger partial charge on any atom is -0.487 e. The molecule has 0 saturated carbocycles. The van der Waals surface area contributed by atoms with Gasteiger partial charge in [-0.1, -0.05) is 36.7 Å². The van der Waals surface area contributed by atoms with E-state index in [2.05, 4.69) is 17.2 Å². The fraction of sp³-hybridized carbons (Fsp3) is 0.312. The van der Waals surface area contributed by atoms with Crippen LogP contribution in [0.2, 0.25) is 5.02 Å². The molecule has 1 aromatic carbocycles. The third-order valence-electron chi connectivity index (χ3n) is 2.90. The molecule has 4 heteroatoms. The van der Waals surface area contributed by atoms with Crippen LogP contribution in [0.5, 0.6) is 5.75 Å². The van der Waals surface area contributed by atoms with Crippen molar-refractivity contribution in [3.8, 4) is 5.75 Å². The normalized spacial score (nSPS) is 10.5. The Kier molecular flexibility index (Phi) is 5.84. The predicted octanol–water partition coefficient (Wildman–Crippen LogP) is 3.81. The average Bonchev–Trinajstić information content (AvgIpc) is 2.48. The average molecular weight is 291 g/mol. The van der Waals surface area contributed by atoms with Crippen molar-refractivity contribution in [3.63, 3.8) is 0 Å². The summed E-state index contributed by atoms with van der Waals surface area (Å²) in [4.78, 5) is 4.08. The van der Waals surface area contributed by atoms with Crippen LogP contribution in [0.25, 0.3) is 0 Å². The fourth-order valence-electron chi connectivity index (χ4n) is 1.89. The monoisotopic (exact) mass is 290 g/mol. The molecule has 2 aromatic rings. The van der Waals surface area contributed by atoms with Crippen LogP contribution in [0.1, 0.15) is 24.5 Å². The highest BCUT2D eigenvalue weighted by Gasteiger charge is 2.08. The Morgan fingerprint density at radius 2 is 2.15 bits per heavy atom. The van der Waals surface area contributed by atoms with Gasteiger partial charge in [0.15, 0.2) is 0 Å². The number of benzene rings is 1. The SMILES string of the molecule is CCCNCc1cccc(Cl)c1OCc1cccnc1. The number of para-hydroxylation sites is 1. The van der Waals surface area contributed by atoms with Crippen molar-refractivity contribution < 1.29 is 4.74 Å². The number of hydrogen-bond donors (Lipinski definition) is 1. The quantitative estimate of drug-likeness (QED) is 0.787. The second-order valence-corrected chi connectivity index (χ2v) is 4.96. The number of nitrogens with one attached hydrogen (secondary N) is 1. The largest absolute Gasteiger partial charge is 0.487 e. The van der Waals surface area contributed by atoms with E-state index in [4.69, 9.17) is 16.3 Å². The van der Waals surface area contributed by atoms with Gasteiger partial charge in [0.25, 0.3) is 0 Å². The Bertz CT molecular complexity index is 531. The van der Waals surface area contributed by atoms with Crippen LogP contribution < -0.4 is 10.1 Å². The molecule has 20 heavy (non-hydrogen) atoms. The number of nitrogens with zero attached hydrogens (tertiary/aromatic N) is 1. The van der Waals surface area contributed by atoms with Crippen LogP contribution in [-0.2, 0) is 13.2 Å². The van der Waals surface area contributed by atoms with Crippen molar-refractivity contribution in [3.05, 3.63) is 58.9 Å². The molecule has 0 amide bonds. The van der Waals surface area contributed by atoms with Gasteiger partial charge < -0.3 is 10.1 Å². The Morgan fingerprint density at radius 1 is 1.25 bits per heavy atom. The molecule has 0 aliphatic carbocycles. The zero-order chi connectivity index (χ0) is 14.2. The van der Waals surface area contributed by atoms with Gasteiger partial charge in [0.2, 0.25) is 0 Å². The summed E-state index contributed by atoms with van der Waals surface area (Å²) < 4.78 is 5.87. The summed E-state index contributed by atoms with van der Waals surface area (Å²) in [5, 5.41) is 4.01. The third-order valence-corrected chi connectivity index (χ3v) is 3.19. The number of ether oxygens (including phenoxy) is 1. The smallest absolute Gasteiger partial charge is 0.142 e. The summed E-state index contributed by atoms with van der Waals surface area (Å²) in [5.41, 5.74) is 2.11. The first kappa shape index (κ1) is 14.8. The molecule has 3 nitrogen and oxygen atoms in total. The molecule has 1 heterocycles. The van der Waals surface area contributed by atoms with Crippen LogP contribution in [0.15, 0.2) is 42.7 Å². The molecule has 0 bridgehead atoms. The number of aromatic nitrogens is 1. The molecular formula is C16H19ClN2O. The summed E-state index contributed by atoms with van der Waals surface area (Å²) in [7, 11) is 0. The molecule has 1 N–H and O–H groups in total. The summed E-state index contributed by atoms with van der Waals surface area (Å²) in [6, 6.07) is 9.71. The van der Waals surface area contributed by atoms with Gasteiger partial charge in [0.05, 0.1) is 5.02 Å². The molecular weight excluding hydrogens is 272 g/mol. The minimum absolute atomic E-state index is 0.471. The van der Waals surface area contributed by atoms with E-state index in [-0.39, 0.29) is 0 Å². The lowest BCUT2D eigenvalue weighted by atomic mass is 10.2. The number of rotatable bonds is 7. The van der Waals surface area contributed by atoms with Gasteiger partial charge in [0, 0.05) is 30.1 Å². The highest BCUT2D eigenvalue weighted by atomic mass is 35.5. The third kappa shape index (κ3) is 4.22. The van der Waals surface area contributed by atoms with Crippen molar-refractivity contribution in [1.82, 2.24) is 10.3 Å². The highest BCUT2D eigenvalue weighted by molar-refractivity contribution is 6.32. The van der Waals surface area contributed by atoms with Crippen molar-refractivity contribution >= 4 is 11.6 Å². The van der Waals surface area contributed by atoms with Gasteiger partial charge >= 0.3 is 0 Å². The highest BCUT2D eigenvalue weighted by Crippen LogP contribution is 2.29. The van der Waals surface area contributed by atoms with Gasteiger partial charge in [-0.25, -0.2) is 0 Å². The number of hydrogen-bond acceptors (Lipinski definition) is 3. The molecule has 0 atom stereocenters. The molecule has 0 fully saturated rings. The first-order chi connectivity index (χ1) is 9.81. The zero-order valence-electron chi connectivity index (χ0n) is 11.6. The lowest BCUT2D eigenvalue weighted by Gasteiger charge is -2.13. The van der Waals surface area contributed by atoms with Crippen LogP contribution in [0, 0.1) is 0 Å². The molecule has 1 aromatic heterocycles. The molecule has 0 radical (unpaired) electrons. The van der Waals surface area contributed by atoms with E-state index in [9.17, 15) is 0 Å². The molecule has 0 aliphatic rings. The minimum atomic E-state index is 0.471. The van der Waals surface area contributed by atoms with Crippen molar-refractivity contribution in [2.45, 2.75) is 26.5 Å². The van der Waals surface area contributed by atoms with E-state index >= 15 is 0 Å². The number of pyridine rings is 1. The molecule has 106 valence electrons. The lowest BCUT2D eigenvalue weighted by Crippen LogP contribution is -2.14. The standard InChI is InChI=1S/C16H19ClN2O/c1-2-8-18-11-14-6-3-7-15(17)16(14)20-12-13-5-4-9-19-10-13/h3-7,9-10,18H,2,8,11-12H2,1H3. The first-order valence-electron chi connectivity index (χ1n) is 6.81.